The average Bonchev–Trinajstić information content (AvgIpc) is 3.09. The van der Waals surface area contributed by atoms with Crippen LogP contribution in [0.1, 0.15) is 13.8 Å². The lowest BCUT2D eigenvalue weighted by molar-refractivity contribution is -0.130. The number of rotatable bonds is 7. The smallest absolute Gasteiger partial charge is 0.246 e. The van der Waals surface area contributed by atoms with Crippen molar-refractivity contribution in [3.8, 4) is 28.5 Å². The zero-order valence-corrected chi connectivity index (χ0v) is 16.1. The van der Waals surface area contributed by atoms with Crippen molar-refractivity contribution in [1.82, 2.24) is 25.2 Å². The summed E-state index contributed by atoms with van der Waals surface area (Å²) in [6, 6.07) is 9.47. The summed E-state index contributed by atoms with van der Waals surface area (Å²) in [5.41, 5.74) is 2.29. The molecule has 2 aliphatic rings. The van der Waals surface area contributed by atoms with Gasteiger partial charge in [0.2, 0.25) is 11.8 Å². The number of hydrogen-bond donors (Lipinski definition) is 2. The Kier molecular flexibility index (Phi) is 6.00. The fourth-order valence-corrected chi connectivity index (χ4v) is 2.62. The quantitative estimate of drug-likeness (QED) is 0.646. The number of ether oxygens (including phenoxy) is 1. The van der Waals surface area contributed by atoms with Crippen LogP contribution in [-0.4, -0.2) is 46.0 Å². The Morgan fingerprint density at radius 2 is 1.79 bits per heavy atom. The number of fused-ring (bicyclic) bond motifs is 1. The van der Waals surface area contributed by atoms with Crippen LogP contribution in [0.4, 0.5) is 0 Å². The second-order valence-corrected chi connectivity index (χ2v) is 6.67. The first-order valence-corrected chi connectivity index (χ1v) is 8.98. The highest BCUT2D eigenvalue weighted by atomic mass is 16.5. The standard InChI is InChI=1S/C20H23N5O3/c1-13(2)21-10-18(26)24-19(27)12-25-9-8-16-17(11-25)23-20(22-16)14-4-6-15(28-3)7-5-14/h4-9,11,13,21H,10,12H2,1-3H3,(H,24,26,27). The zero-order chi connectivity index (χ0) is 20.1. The molecule has 1 aromatic carbocycles. The number of methoxy groups -OCH3 is 1. The lowest BCUT2D eigenvalue weighted by atomic mass is 10.2. The molecule has 8 heteroatoms. The average molecular weight is 381 g/mol. The van der Waals surface area contributed by atoms with Crippen molar-refractivity contribution >= 4 is 11.8 Å². The van der Waals surface area contributed by atoms with Gasteiger partial charge in [-0.3, -0.25) is 14.9 Å². The number of amides is 2. The number of aromatic nitrogens is 3. The minimum atomic E-state index is -0.380. The summed E-state index contributed by atoms with van der Waals surface area (Å²) >= 11 is 0. The normalized spacial score (nSPS) is 11.0. The second-order valence-electron chi connectivity index (χ2n) is 6.67. The van der Waals surface area contributed by atoms with Gasteiger partial charge in [-0.2, -0.15) is 0 Å². The van der Waals surface area contributed by atoms with E-state index in [2.05, 4.69) is 20.6 Å². The fourth-order valence-electron chi connectivity index (χ4n) is 2.62. The van der Waals surface area contributed by atoms with Crippen LogP contribution in [0, 0.1) is 0 Å². The van der Waals surface area contributed by atoms with Crippen LogP contribution in [0.3, 0.4) is 0 Å². The van der Waals surface area contributed by atoms with Gasteiger partial charge in [0.05, 0.1) is 19.3 Å². The molecule has 1 aromatic rings. The molecule has 0 saturated carbocycles. The van der Waals surface area contributed by atoms with E-state index in [1.165, 1.54) is 0 Å². The van der Waals surface area contributed by atoms with Crippen LogP contribution in [0.15, 0.2) is 42.7 Å². The summed E-state index contributed by atoms with van der Waals surface area (Å²) in [7, 11) is 1.62. The van der Waals surface area contributed by atoms with Gasteiger partial charge in [0, 0.05) is 24.0 Å². The molecule has 0 unspecified atom stereocenters. The molecule has 2 amide bonds. The summed E-state index contributed by atoms with van der Waals surface area (Å²) < 4.78 is 6.83. The fraction of sp³-hybridized carbons (Fsp3) is 0.300. The van der Waals surface area contributed by atoms with Crippen LogP contribution in [0.5, 0.6) is 5.75 Å². The molecule has 146 valence electrons. The van der Waals surface area contributed by atoms with Crippen molar-refractivity contribution in [2.45, 2.75) is 26.4 Å². The summed E-state index contributed by atoms with van der Waals surface area (Å²) in [4.78, 5) is 32.8. The number of nitrogens with one attached hydrogen (secondary N) is 2. The van der Waals surface area contributed by atoms with Gasteiger partial charge in [0.15, 0.2) is 5.82 Å². The van der Waals surface area contributed by atoms with Gasteiger partial charge in [-0.25, -0.2) is 9.97 Å². The number of imide groups is 1. The van der Waals surface area contributed by atoms with Crippen molar-refractivity contribution in [1.29, 1.82) is 0 Å². The predicted molar refractivity (Wildman–Crippen MR) is 105 cm³/mol. The molecule has 0 aliphatic carbocycles. The third kappa shape index (κ3) is 4.92. The molecule has 0 fully saturated rings. The Hall–Kier alpha value is -3.26. The lowest BCUT2D eigenvalue weighted by Gasteiger charge is -2.10. The number of imidazole rings is 1. The maximum absolute atomic E-state index is 12.1. The van der Waals surface area contributed by atoms with E-state index in [0.29, 0.717) is 11.5 Å². The number of hydrogen-bond acceptors (Lipinski definition) is 6. The third-order valence-electron chi connectivity index (χ3n) is 4.05. The van der Waals surface area contributed by atoms with Crippen LogP contribution in [0.25, 0.3) is 22.8 Å². The predicted octanol–water partition coefficient (Wildman–Crippen LogP) is 1.70. The summed E-state index contributed by atoms with van der Waals surface area (Å²) in [6.45, 7) is 3.99. The SMILES string of the molecule is COc1ccc(-c2nc3ccn(CC(=O)NC(=O)CNC(C)C)cc-3n2)cc1. The second kappa shape index (κ2) is 8.62. The highest BCUT2D eigenvalue weighted by molar-refractivity contribution is 5.96. The van der Waals surface area contributed by atoms with E-state index >= 15 is 0 Å². The molecule has 28 heavy (non-hydrogen) atoms. The number of nitrogens with zero attached hydrogens (tertiary/aromatic N) is 3. The molecule has 0 radical (unpaired) electrons. The van der Waals surface area contributed by atoms with Crippen molar-refractivity contribution in [3.63, 3.8) is 0 Å². The van der Waals surface area contributed by atoms with Gasteiger partial charge in [0.1, 0.15) is 18.0 Å². The van der Waals surface area contributed by atoms with Crippen LogP contribution in [-0.2, 0) is 16.1 Å². The van der Waals surface area contributed by atoms with Crippen molar-refractivity contribution in [3.05, 3.63) is 42.7 Å². The molecule has 8 nitrogen and oxygen atoms in total. The van der Waals surface area contributed by atoms with E-state index in [9.17, 15) is 9.59 Å². The highest BCUT2D eigenvalue weighted by Gasteiger charge is 2.14. The Morgan fingerprint density at radius 1 is 1.07 bits per heavy atom. The maximum Gasteiger partial charge on any atom is 0.246 e. The Bertz CT molecular complexity index is 933. The molecular formula is C20H23N5O3. The minimum Gasteiger partial charge on any atom is -0.497 e. The first kappa shape index (κ1) is 19.5. The van der Waals surface area contributed by atoms with E-state index in [0.717, 1.165) is 17.0 Å². The van der Waals surface area contributed by atoms with Crippen LogP contribution in [0.2, 0.25) is 0 Å². The minimum absolute atomic E-state index is 0.0219. The van der Waals surface area contributed by atoms with Gasteiger partial charge in [-0.1, -0.05) is 13.8 Å². The molecule has 0 atom stereocenters. The molecule has 0 aromatic heterocycles. The molecule has 0 saturated heterocycles. The zero-order valence-electron chi connectivity index (χ0n) is 16.1. The molecule has 2 N–H and O–H groups in total. The molecule has 2 aliphatic heterocycles. The molecular weight excluding hydrogens is 358 g/mol. The first-order chi connectivity index (χ1) is 13.4. The van der Waals surface area contributed by atoms with Gasteiger partial charge in [-0.05, 0) is 30.3 Å². The van der Waals surface area contributed by atoms with Gasteiger partial charge >= 0.3 is 0 Å². The van der Waals surface area contributed by atoms with E-state index in [1.54, 1.807) is 30.1 Å². The van der Waals surface area contributed by atoms with E-state index < -0.39 is 0 Å². The van der Waals surface area contributed by atoms with Crippen LogP contribution >= 0.6 is 0 Å². The summed E-state index contributed by atoms with van der Waals surface area (Å²) in [6.07, 6.45) is 3.48. The first-order valence-electron chi connectivity index (χ1n) is 8.98. The summed E-state index contributed by atoms with van der Waals surface area (Å²) in [5.74, 6) is 0.640. The molecule has 0 spiro atoms. The number of carbonyl (C=O) groups is 2. The van der Waals surface area contributed by atoms with Crippen molar-refractivity contribution in [2.24, 2.45) is 0 Å². The van der Waals surface area contributed by atoms with Crippen LogP contribution < -0.4 is 15.4 Å². The molecule has 2 heterocycles. The van der Waals surface area contributed by atoms with E-state index in [1.807, 2.05) is 38.1 Å². The maximum atomic E-state index is 12.1. The number of pyridine rings is 1. The number of carbonyl (C=O) groups excluding carboxylic acids is 2. The van der Waals surface area contributed by atoms with Crippen molar-refractivity contribution < 1.29 is 14.3 Å². The van der Waals surface area contributed by atoms with E-state index in [-0.39, 0.29) is 30.9 Å². The van der Waals surface area contributed by atoms with Crippen molar-refractivity contribution in [2.75, 3.05) is 13.7 Å². The Morgan fingerprint density at radius 3 is 2.46 bits per heavy atom. The number of benzene rings is 1. The topological polar surface area (TPSA) is 98.1 Å². The molecule has 0 bridgehead atoms. The van der Waals surface area contributed by atoms with Gasteiger partial charge in [-0.15, -0.1) is 0 Å². The highest BCUT2D eigenvalue weighted by Crippen LogP contribution is 2.25. The monoisotopic (exact) mass is 381 g/mol. The Balaban J connectivity index is 1.68. The Labute approximate surface area is 163 Å². The van der Waals surface area contributed by atoms with Gasteiger partial charge < -0.3 is 14.6 Å². The molecule has 3 rings (SSSR count). The lowest BCUT2D eigenvalue weighted by Crippen LogP contribution is -2.41. The summed E-state index contributed by atoms with van der Waals surface area (Å²) in [5, 5.41) is 5.33. The largest absolute Gasteiger partial charge is 0.497 e. The third-order valence-corrected chi connectivity index (χ3v) is 4.05. The van der Waals surface area contributed by atoms with E-state index in [4.69, 9.17) is 4.74 Å². The van der Waals surface area contributed by atoms with Gasteiger partial charge in [0.25, 0.3) is 0 Å².